The molecule has 0 radical (unpaired) electrons. The summed E-state index contributed by atoms with van der Waals surface area (Å²) in [5.41, 5.74) is 0.258. The van der Waals surface area contributed by atoms with E-state index in [4.69, 9.17) is 0 Å². The van der Waals surface area contributed by atoms with Crippen LogP contribution in [0.3, 0.4) is 0 Å². The molecule has 0 aromatic heterocycles. The monoisotopic (exact) mass is 304 g/mol. The van der Waals surface area contributed by atoms with Gasteiger partial charge in [-0.25, -0.2) is 0 Å². The molecule has 2 amide bonds. The Bertz CT molecular complexity index is 551. The van der Waals surface area contributed by atoms with E-state index in [0.717, 1.165) is 25.7 Å². The summed E-state index contributed by atoms with van der Waals surface area (Å²) in [4.78, 5) is 25.8. The lowest BCUT2D eigenvalue weighted by Gasteiger charge is -2.24. The fourth-order valence-electron chi connectivity index (χ4n) is 2.88. The molecule has 1 aromatic rings. The zero-order valence-electron chi connectivity index (χ0n) is 13.3. The first-order valence-electron chi connectivity index (χ1n) is 7.83. The van der Waals surface area contributed by atoms with Crippen LogP contribution in [0, 0.1) is 0 Å². The highest BCUT2D eigenvalue weighted by molar-refractivity contribution is 6.04. The summed E-state index contributed by atoms with van der Waals surface area (Å²) in [5.74, 6) is -0.304. The quantitative estimate of drug-likeness (QED) is 0.875. The second kappa shape index (κ2) is 6.92. The molecule has 0 spiro atoms. The maximum atomic E-state index is 12.4. The van der Waals surface area contributed by atoms with Gasteiger partial charge in [0.15, 0.2) is 0 Å². The molecule has 5 nitrogen and oxygen atoms in total. The lowest BCUT2D eigenvalue weighted by Crippen LogP contribution is -2.41. The third-order valence-corrected chi connectivity index (χ3v) is 4.30. The Morgan fingerprint density at radius 3 is 2.55 bits per heavy atom. The van der Waals surface area contributed by atoms with E-state index < -0.39 is 5.60 Å². The molecule has 1 saturated carbocycles. The minimum Gasteiger partial charge on any atom is -0.388 e. The van der Waals surface area contributed by atoms with E-state index in [1.165, 1.54) is 4.90 Å². The molecule has 1 aliphatic carbocycles. The molecule has 1 aromatic carbocycles. The predicted molar refractivity (Wildman–Crippen MR) is 85.9 cm³/mol. The van der Waals surface area contributed by atoms with Crippen molar-refractivity contribution < 1.29 is 14.7 Å². The molecule has 1 fully saturated rings. The van der Waals surface area contributed by atoms with Crippen molar-refractivity contribution in [2.24, 2.45) is 0 Å². The number of aliphatic hydroxyl groups is 1. The number of anilines is 1. The van der Waals surface area contributed by atoms with Crippen LogP contribution in [0.5, 0.6) is 0 Å². The molecule has 0 saturated heterocycles. The van der Waals surface area contributed by atoms with Crippen molar-refractivity contribution in [2.45, 2.75) is 44.6 Å². The predicted octanol–water partition coefficient (Wildman–Crippen LogP) is 2.09. The fourth-order valence-corrected chi connectivity index (χ4v) is 2.88. The molecule has 5 heteroatoms. The van der Waals surface area contributed by atoms with Crippen LogP contribution >= 0.6 is 0 Å². The van der Waals surface area contributed by atoms with Gasteiger partial charge in [-0.1, -0.05) is 31.9 Å². The molecule has 0 aliphatic heterocycles. The summed E-state index contributed by atoms with van der Waals surface area (Å²) in [5, 5.41) is 13.1. The Kier molecular flexibility index (Phi) is 5.19. The van der Waals surface area contributed by atoms with E-state index in [1.807, 2.05) is 0 Å². The smallest absolute Gasteiger partial charge is 0.253 e. The molecule has 0 heterocycles. The van der Waals surface area contributed by atoms with E-state index in [2.05, 4.69) is 5.32 Å². The first-order valence-corrected chi connectivity index (χ1v) is 7.83. The Balaban J connectivity index is 2.11. The Morgan fingerprint density at radius 2 is 1.91 bits per heavy atom. The number of para-hydroxylation sites is 1. The second-order valence-corrected chi connectivity index (χ2v) is 5.94. The normalized spacial score (nSPS) is 16.3. The number of carbonyl (C=O) groups is 2. The average molecular weight is 304 g/mol. The lowest BCUT2D eigenvalue weighted by atomic mass is 10.0. The highest BCUT2D eigenvalue weighted by Crippen LogP contribution is 2.29. The summed E-state index contributed by atoms with van der Waals surface area (Å²) < 4.78 is 0. The molecule has 22 heavy (non-hydrogen) atoms. The van der Waals surface area contributed by atoms with Crippen LogP contribution in [-0.4, -0.2) is 36.1 Å². The van der Waals surface area contributed by atoms with Gasteiger partial charge in [-0.2, -0.15) is 0 Å². The molecule has 120 valence electrons. The van der Waals surface area contributed by atoms with Crippen LogP contribution in [-0.2, 0) is 4.79 Å². The topological polar surface area (TPSA) is 69.6 Å². The Morgan fingerprint density at radius 1 is 1.27 bits per heavy atom. The van der Waals surface area contributed by atoms with E-state index in [1.54, 1.807) is 38.2 Å². The lowest BCUT2D eigenvalue weighted by molar-refractivity contribution is -0.118. The first kappa shape index (κ1) is 16.5. The highest BCUT2D eigenvalue weighted by Gasteiger charge is 2.31. The second-order valence-electron chi connectivity index (χ2n) is 5.94. The number of hydrogen-bond acceptors (Lipinski definition) is 3. The number of amides is 2. The number of benzene rings is 1. The van der Waals surface area contributed by atoms with Crippen LogP contribution in [0.15, 0.2) is 24.3 Å². The van der Waals surface area contributed by atoms with Crippen molar-refractivity contribution in [3.05, 3.63) is 29.8 Å². The standard InChI is InChI=1S/C17H24N2O3/c1-3-15(20)19(2)14-9-5-4-8-13(14)16(21)18-12-17(22)10-6-7-11-17/h4-5,8-9,22H,3,6-7,10-12H2,1-2H3,(H,18,21). The van der Waals surface area contributed by atoms with Crippen LogP contribution in [0.4, 0.5) is 5.69 Å². The minimum atomic E-state index is -0.782. The summed E-state index contributed by atoms with van der Waals surface area (Å²) in [7, 11) is 1.67. The zero-order chi connectivity index (χ0) is 16.2. The Hall–Kier alpha value is -1.88. The molecular weight excluding hydrogens is 280 g/mol. The van der Waals surface area contributed by atoms with Gasteiger partial charge in [0.05, 0.1) is 16.9 Å². The van der Waals surface area contributed by atoms with Crippen LogP contribution < -0.4 is 10.2 Å². The molecule has 0 atom stereocenters. The van der Waals surface area contributed by atoms with Gasteiger partial charge >= 0.3 is 0 Å². The Labute approximate surface area is 131 Å². The number of nitrogens with one attached hydrogen (secondary N) is 1. The summed E-state index contributed by atoms with van der Waals surface area (Å²) >= 11 is 0. The molecule has 0 bridgehead atoms. The van der Waals surface area contributed by atoms with E-state index >= 15 is 0 Å². The fraction of sp³-hybridized carbons (Fsp3) is 0.529. The molecule has 2 N–H and O–H groups in total. The zero-order valence-corrected chi connectivity index (χ0v) is 13.3. The number of nitrogens with zero attached hydrogens (tertiary/aromatic N) is 1. The highest BCUT2D eigenvalue weighted by atomic mass is 16.3. The number of hydrogen-bond donors (Lipinski definition) is 2. The van der Waals surface area contributed by atoms with Gasteiger partial charge in [-0.15, -0.1) is 0 Å². The van der Waals surface area contributed by atoms with E-state index in [-0.39, 0.29) is 18.4 Å². The van der Waals surface area contributed by atoms with Crippen molar-refractivity contribution in [3.8, 4) is 0 Å². The van der Waals surface area contributed by atoms with Crippen LogP contribution in [0.1, 0.15) is 49.4 Å². The van der Waals surface area contributed by atoms with Crippen LogP contribution in [0.25, 0.3) is 0 Å². The van der Waals surface area contributed by atoms with E-state index in [9.17, 15) is 14.7 Å². The van der Waals surface area contributed by atoms with Gasteiger partial charge in [0, 0.05) is 20.0 Å². The van der Waals surface area contributed by atoms with Gasteiger partial charge in [0.1, 0.15) is 0 Å². The number of rotatable bonds is 5. The number of carbonyl (C=O) groups excluding carboxylic acids is 2. The third kappa shape index (κ3) is 3.65. The van der Waals surface area contributed by atoms with Gasteiger partial charge in [0.2, 0.25) is 5.91 Å². The maximum Gasteiger partial charge on any atom is 0.253 e. The van der Waals surface area contributed by atoms with Crippen molar-refractivity contribution >= 4 is 17.5 Å². The van der Waals surface area contributed by atoms with Gasteiger partial charge in [-0.3, -0.25) is 9.59 Å². The van der Waals surface area contributed by atoms with Gasteiger partial charge in [-0.05, 0) is 25.0 Å². The van der Waals surface area contributed by atoms with Crippen molar-refractivity contribution in [3.63, 3.8) is 0 Å². The third-order valence-electron chi connectivity index (χ3n) is 4.30. The molecule has 2 rings (SSSR count). The van der Waals surface area contributed by atoms with Gasteiger partial charge in [0.25, 0.3) is 5.91 Å². The van der Waals surface area contributed by atoms with Crippen molar-refractivity contribution in [1.82, 2.24) is 5.32 Å². The molecule has 1 aliphatic rings. The van der Waals surface area contributed by atoms with Gasteiger partial charge < -0.3 is 15.3 Å². The summed E-state index contributed by atoms with van der Waals surface area (Å²) in [6, 6.07) is 7.03. The minimum absolute atomic E-state index is 0.0466. The first-order chi connectivity index (χ1) is 10.5. The largest absolute Gasteiger partial charge is 0.388 e. The van der Waals surface area contributed by atoms with Crippen LogP contribution in [0.2, 0.25) is 0 Å². The maximum absolute atomic E-state index is 12.4. The van der Waals surface area contributed by atoms with Crippen molar-refractivity contribution in [2.75, 3.05) is 18.5 Å². The average Bonchev–Trinajstić information content (AvgIpc) is 2.98. The van der Waals surface area contributed by atoms with Crippen molar-refractivity contribution in [1.29, 1.82) is 0 Å². The van der Waals surface area contributed by atoms with E-state index in [0.29, 0.717) is 17.7 Å². The SMILES string of the molecule is CCC(=O)N(C)c1ccccc1C(=O)NCC1(O)CCCC1. The summed E-state index contributed by atoms with van der Waals surface area (Å²) in [6.07, 6.45) is 3.83. The summed E-state index contributed by atoms with van der Waals surface area (Å²) in [6.45, 7) is 2.04. The molecule has 0 unspecified atom stereocenters. The molecular formula is C17H24N2O3.